The van der Waals surface area contributed by atoms with E-state index in [-0.39, 0.29) is 0 Å². The average Bonchev–Trinajstić information content (AvgIpc) is 2.53. The van der Waals surface area contributed by atoms with Gasteiger partial charge >= 0.3 is 0 Å². The molecule has 0 saturated carbocycles. The van der Waals surface area contributed by atoms with Gasteiger partial charge in [0.25, 0.3) is 0 Å². The Hall–Kier alpha value is -1.51. The van der Waals surface area contributed by atoms with Gasteiger partial charge in [0.15, 0.2) is 0 Å². The minimum Gasteiger partial charge on any atom is -0.495 e. The van der Waals surface area contributed by atoms with Gasteiger partial charge in [0, 0.05) is 15.4 Å². The second-order valence-electron chi connectivity index (χ2n) is 4.32. The monoisotopic (exact) mass is 409 g/mol. The third-order valence-electron chi connectivity index (χ3n) is 2.95. The van der Waals surface area contributed by atoms with E-state index in [1.807, 2.05) is 30.3 Å². The molecule has 108 valence electrons. The van der Waals surface area contributed by atoms with E-state index >= 15 is 0 Å². The van der Waals surface area contributed by atoms with Gasteiger partial charge in [-0.1, -0.05) is 37.9 Å². The minimum atomic E-state index is 0.420. The molecule has 0 bridgehead atoms. The molecule has 0 aliphatic rings. The van der Waals surface area contributed by atoms with Crippen LogP contribution in [0.25, 0.3) is 0 Å². The van der Waals surface area contributed by atoms with Crippen LogP contribution in [0, 0.1) is 11.3 Å². The van der Waals surface area contributed by atoms with Crippen LogP contribution in [-0.2, 0) is 11.9 Å². The first-order valence-corrected chi connectivity index (χ1v) is 8.13. The third-order valence-corrected chi connectivity index (χ3v) is 4.04. The smallest absolute Gasteiger partial charge is 0.137 e. The standard InChI is InChI=1S/C16H13Br2NO2/c1-20-16-6-11(2-3-12(16)9-19)10-21-15-5-4-14(18)7-13(15)8-17/h2-7H,8,10H2,1H3. The summed E-state index contributed by atoms with van der Waals surface area (Å²) in [6.45, 7) is 0.420. The molecule has 0 heterocycles. The number of methoxy groups -OCH3 is 1. The number of halogens is 2. The first-order chi connectivity index (χ1) is 10.2. The van der Waals surface area contributed by atoms with Gasteiger partial charge in [-0.05, 0) is 35.9 Å². The lowest BCUT2D eigenvalue weighted by Crippen LogP contribution is -1.99. The molecule has 2 rings (SSSR count). The van der Waals surface area contributed by atoms with Crippen molar-refractivity contribution in [3.8, 4) is 17.6 Å². The highest BCUT2D eigenvalue weighted by Crippen LogP contribution is 2.27. The molecule has 3 nitrogen and oxygen atoms in total. The molecular formula is C16H13Br2NO2. The van der Waals surface area contributed by atoms with Crippen LogP contribution in [0.3, 0.4) is 0 Å². The van der Waals surface area contributed by atoms with Gasteiger partial charge in [-0.25, -0.2) is 0 Å². The Bertz CT molecular complexity index is 680. The summed E-state index contributed by atoms with van der Waals surface area (Å²) < 4.78 is 12.1. The Kier molecular flexibility index (Phi) is 5.66. The topological polar surface area (TPSA) is 42.2 Å². The predicted octanol–water partition coefficient (Wildman–Crippen LogP) is 4.80. The van der Waals surface area contributed by atoms with Crippen LogP contribution in [0.5, 0.6) is 11.5 Å². The molecule has 2 aromatic rings. The SMILES string of the molecule is COc1cc(COc2ccc(Br)cc2CBr)ccc1C#N. The van der Waals surface area contributed by atoms with E-state index in [2.05, 4.69) is 37.9 Å². The Balaban J connectivity index is 2.15. The molecule has 0 unspecified atom stereocenters. The minimum absolute atomic E-state index is 0.420. The van der Waals surface area contributed by atoms with Crippen molar-refractivity contribution in [2.24, 2.45) is 0 Å². The van der Waals surface area contributed by atoms with Crippen LogP contribution in [0.4, 0.5) is 0 Å². The van der Waals surface area contributed by atoms with Gasteiger partial charge in [0.2, 0.25) is 0 Å². The summed E-state index contributed by atoms with van der Waals surface area (Å²) in [6, 6.07) is 13.4. The Morgan fingerprint density at radius 2 is 1.95 bits per heavy atom. The van der Waals surface area contributed by atoms with E-state index in [1.54, 1.807) is 13.2 Å². The highest BCUT2D eigenvalue weighted by atomic mass is 79.9. The fourth-order valence-corrected chi connectivity index (χ4v) is 2.72. The lowest BCUT2D eigenvalue weighted by atomic mass is 10.1. The quantitative estimate of drug-likeness (QED) is 0.664. The van der Waals surface area contributed by atoms with Crippen molar-refractivity contribution in [1.29, 1.82) is 5.26 Å². The van der Waals surface area contributed by atoms with Gasteiger partial charge in [-0.2, -0.15) is 5.26 Å². The Labute approximate surface area is 140 Å². The lowest BCUT2D eigenvalue weighted by molar-refractivity contribution is 0.303. The molecule has 0 spiro atoms. The molecule has 0 amide bonds. The molecule has 2 aromatic carbocycles. The number of rotatable bonds is 5. The molecule has 0 aliphatic heterocycles. The predicted molar refractivity (Wildman–Crippen MR) is 88.8 cm³/mol. The number of alkyl halides is 1. The summed E-state index contributed by atoms with van der Waals surface area (Å²) in [5.74, 6) is 1.40. The van der Waals surface area contributed by atoms with Crippen molar-refractivity contribution >= 4 is 31.9 Å². The molecule has 0 radical (unpaired) electrons. The third kappa shape index (κ3) is 3.99. The fraction of sp³-hybridized carbons (Fsp3) is 0.188. The highest BCUT2D eigenvalue weighted by Gasteiger charge is 2.07. The maximum absolute atomic E-state index is 8.97. The van der Waals surface area contributed by atoms with E-state index < -0.39 is 0 Å². The zero-order valence-electron chi connectivity index (χ0n) is 11.4. The normalized spacial score (nSPS) is 10.0. The zero-order valence-corrected chi connectivity index (χ0v) is 14.6. The molecule has 5 heteroatoms. The fourth-order valence-electron chi connectivity index (χ4n) is 1.87. The van der Waals surface area contributed by atoms with Crippen LogP contribution < -0.4 is 9.47 Å². The molecule has 0 aliphatic carbocycles. The van der Waals surface area contributed by atoms with Gasteiger partial charge in [-0.3, -0.25) is 0 Å². The van der Waals surface area contributed by atoms with Gasteiger partial charge < -0.3 is 9.47 Å². The maximum Gasteiger partial charge on any atom is 0.137 e. The van der Waals surface area contributed by atoms with Crippen LogP contribution in [-0.4, -0.2) is 7.11 Å². The van der Waals surface area contributed by atoms with Gasteiger partial charge in [0.1, 0.15) is 24.2 Å². The van der Waals surface area contributed by atoms with Crippen LogP contribution in [0.15, 0.2) is 40.9 Å². The summed E-state index contributed by atoms with van der Waals surface area (Å²) >= 11 is 6.90. The number of nitrogens with zero attached hydrogens (tertiary/aromatic N) is 1. The molecule has 0 atom stereocenters. The Morgan fingerprint density at radius 3 is 2.62 bits per heavy atom. The number of hydrogen-bond acceptors (Lipinski definition) is 3. The number of benzene rings is 2. The van der Waals surface area contributed by atoms with Crippen LogP contribution in [0.2, 0.25) is 0 Å². The largest absolute Gasteiger partial charge is 0.495 e. The summed E-state index contributed by atoms with van der Waals surface area (Å²) in [5, 5.41) is 9.69. The number of hydrogen-bond donors (Lipinski definition) is 0. The van der Waals surface area contributed by atoms with Crippen LogP contribution in [0.1, 0.15) is 16.7 Å². The first-order valence-electron chi connectivity index (χ1n) is 6.22. The second kappa shape index (κ2) is 7.48. The maximum atomic E-state index is 8.97. The van der Waals surface area contributed by atoms with Crippen molar-refractivity contribution in [3.05, 3.63) is 57.6 Å². The van der Waals surface area contributed by atoms with E-state index in [9.17, 15) is 0 Å². The van der Waals surface area contributed by atoms with Crippen molar-refractivity contribution in [1.82, 2.24) is 0 Å². The van der Waals surface area contributed by atoms with Crippen molar-refractivity contribution in [2.75, 3.05) is 7.11 Å². The van der Waals surface area contributed by atoms with E-state index in [4.69, 9.17) is 14.7 Å². The molecule has 0 aromatic heterocycles. The van der Waals surface area contributed by atoms with E-state index in [0.29, 0.717) is 17.9 Å². The summed E-state index contributed by atoms with van der Waals surface area (Å²) in [7, 11) is 1.55. The summed E-state index contributed by atoms with van der Waals surface area (Å²) in [6.07, 6.45) is 0. The molecule has 21 heavy (non-hydrogen) atoms. The summed E-state index contributed by atoms with van der Waals surface area (Å²) in [5.41, 5.74) is 2.55. The molecular weight excluding hydrogens is 398 g/mol. The van der Waals surface area contributed by atoms with E-state index in [1.165, 1.54) is 0 Å². The first kappa shape index (κ1) is 15.9. The van der Waals surface area contributed by atoms with Crippen molar-refractivity contribution < 1.29 is 9.47 Å². The summed E-state index contributed by atoms with van der Waals surface area (Å²) in [4.78, 5) is 0. The highest BCUT2D eigenvalue weighted by molar-refractivity contribution is 9.10. The van der Waals surface area contributed by atoms with Crippen molar-refractivity contribution in [2.45, 2.75) is 11.9 Å². The van der Waals surface area contributed by atoms with E-state index in [0.717, 1.165) is 26.7 Å². The lowest BCUT2D eigenvalue weighted by Gasteiger charge is -2.11. The molecule has 0 fully saturated rings. The molecule has 0 N–H and O–H groups in total. The Morgan fingerprint density at radius 1 is 1.14 bits per heavy atom. The van der Waals surface area contributed by atoms with Crippen molar-refractivity contribution in [3.63, 3.8) is 0 Å². The van der Waals surface area contributed by atoms with Gasteiger partial charge in [-0.15, -0.1) is 0 Å². The van der Waals surface area contributed by atoms with Gasteiger partial charge in [0.05, 0.1) is 12.7 Å². The van der Waals surface area contributed by atoms with Crippen LogP contribution >= 0.6 is 31.9 Å². The number of ether oxygens (including phenoxy) is 2. The average molecular weight is 411 g/mol. The zero-order chi connectivity index (χ0) is 15.2. The second-order valence-corrected chi connectivity index (χ2v) is 5.80. The number of nitriles is 1. The molecule has 0 saturated heterocycles.